The Labute approximate surface area is 135 Å². The summed E-state index contributed by atoms with van der Waals surface area (Å²) in [6.07, 6.45) is 1.51. The largest absolute Gasteiger partial charge is 0.497 e. The Kier molecular flexibility index (Phi) is 5.96. The second-order valence-corrected chi connectivity index (χ2v) is 5.56. The molecule has 7 heteroatoms. The first-order chi connectivity index (χ1) is 9.90. The molecule has 1 aromatic carbocycles. The van der Waals surface area contributed by atoms with Crippen LogP contribution in [0.1, 0.15) is 24.2 Å². The Morgan fingerprint density at radius 3 is 2.55 bits per heavy atom. The molecule has 0 spiro atoms. The van der Waals surface area contributed by atoms with Crippen LogP contribution in [-0.2, 0) is 0 Å². The predicted molar refractivity (Wildman–Crippen MR) is 88.4 cm³/mol. The lowest BCUT2D eigenvalue weighted by molar-refractivity contribution is 0.0947. The van der Waals surface area contributed by atoms with E-state index in [2.05, 4.69) is 15.5 Å². The molecule has 0 radical (unpaired) electrons. The highest BCUT2D eigenvalue weighted by Crippen LogP contribution is 2.23. The molecule has 1 aromatic heterocycles. The SMILES string of the molecule is COc1ccc(-c2[nH]ncc2C(=O)NCC(C)(C)N)cc1.Cl. The van der Waals surface area contributed by atoms with Crippen molar-refractivity contribution in [1.29, 1.82) is 0 Å². The summed E-state index contributed by atoms with van der Waals surface area (Å²) in [7, 11) is 1.61. The first-order valence-electron chi connectivity index (χ1n) is 6.65. The number of nitrogens with one attached hydrogen (secondary N) is 2. The van der Waals surface area contributed by atoms with Crippen molar-refractivity contribution in [2.24, 2.45) is 5.73 Å². The molecule has 1 heterocycles. The van der Waals surface area contributed by atoms with E-state index >= 15 is 0 Å². The number of methoxy groups -OCH3 is 1. The molecule has 2 rings (SSSR count). The standard InChI is InChI=1S/C15H20N4O2.ClH/c1-15(2,16)9-17-14(20)12-8-18-19-13(12)10-4-6-11(21-3)7-5-10;/h4-8H,9,16H2,1-3H3,(H,17,20)(H,18,19);1H. The van der Waals surface area contributed by atoms with E-state index in [1.54, 1.807) is 7.11 Å². The Balaban J connectivity index is 0.00000242. The number of carbonyl (C=O) groups excluding carboxylic acids is 1. The number of aromatic amines is 1. The van der Waals surface area contributed by atoms with Gasteiger partial charge in [0.05, 0.1) is 24.6 Å². The van der Waals surface area contributed by atoms with Gasteiger partial charge in [0.15, 0.2) is 0 Å². The highest BCUT2D eigenvalue weighted by molar-refractivity contribution is 5.99. The van der Waals surface area contributed by atoms with E-state index in [1.165, 1.54) is 6.20 Å². The fourth-order valence-electron chi connectivity index (χ4n) is 1.84. The molecule has 22 heavy (non-hydrogen) atoms. The van der Waals surface area contributed by atoms with E-state index in [9.17, 15) is 4.79 Å². The number of ether oxygens (including phenoxy) is 1. The summed E-state index contributed by atoms with van der Waals surface area (Å²) in [6, 6.07) is 7.41. The summed E-state index contributed by atoms with van der Waals surface area (Å²) < 4.78 is 5.12. The molecule has 2 aromatic rings. The number of hydrogen-bond acceptors (Lipinski definition) is 4. The molecule has 0 bridgehead atoms. The van der Waals surface area contributed by atoms with E-state index in [0.29, 0.717) is 17.8 Å². The van der Waals surface area contributed by atoms with Crippen molar-refractivity contribution in [2.45, 2.75) is 19.4 Å². The third-order valence-electron chi connectivity index (χ3n) is 2.97. The normalized spacial score (nSPS) is 10.7. The lowest BCUT2D eigenvalue weighted by Crippen LogP contribution is -2.45. The van der Waals surface area contributed by atoms with Gasteiger partial charge in [-0.15, -0.1) is 12.4 Å². The van der Waals surface area contributed by atoms with Crippen molar-refractivity contribution in [3.8, 4) is 17.0 Å². The maximum absolute atomic E-state index is 12.2. The smallest absolute Gasteiger partial charge is 0.255 e. The van der Waals surface area contributed by atoms with Gasteiger partial charge in [-0.1, -0.05) is 0 Å². The molecule has 120 valence electrons. The van der Waals surface area contributed by atoms with Crippen LogP contribution in [0.2, 0.25) is 0 Å². The van der Waals surface area contributed by atoms with Crippen LogP contribution in [-0.4, -0.2) is 35.3 Å². The minimum Gasteiger partial charge on any atom is -0.497 e. The monoisotopic (exact) mass is 324 g/mol. The lowest BCUT2D eigenvalue weighted by Gasteiger charge is -2.18. The Bertz CT molecular complexity index is 617. The topological polar surface area (TPSA) is 93.0 Å². The molecule has 0 unspecified atom stereocenters. The van der Waals surface area contributed by atoms with Crippen molar-refractivity contribution >= 4 is 18.3 Å². The summed E-state index contributed by atoms with van der Waals surface area (Å²) in [5, 5.41) is 9.62. The third kappa shape index (κ3) is 4.47. The Morgan fingerprint density at radius 2 is 2.00 bits per heavy atom. The zero-order valence-corrected chi connectivity index (χ0v) is 13.7. The van der Waals surface area contributed by atoms with Crippen LogP contribution in [0.15, 0.2) is 30.5 Å². The van der Waals surface area contributed by atoms with Crippen molar-refractivity contribution in [3.63, 3.8) is 0 Å². The number of amides is 1. The van der Waals surface area contributed by atoms with Crippen LogP contribution in [0.3, 0.4) is 0 Å². The van der Waals surface area contributed by atoms with Gasteiger partial charge in [0, 0.05) is 17.6 Å². The van der Waals surface area contributed by atoms with Gasteiger partial charge in [0.2, 0.25) is 0 Å². The van der Waals surface area contributed by atoms with Crippen LogP contribution in [0.5, 0.6) is 5.75 Å². The number of rotatable bonds is 5. The molecule has 0 atom stereocenters. The minimum atomic E-state index is -0.459. The number of nitrogens with two attached hydrogens (primary N) is 1. The van der Waals surface area contributed by atoms with Crippen LogP contribution in [0.25, 0.3) is 11.3 Å². The molecule has 0 aliphatic carbocycles. The number of halogens is 1. The summed E-state index contributed by atoms with van der Waals surface area (Å²) in [5.74, 6) is 0.558. The number of hydrogen-bond donors (Lipinski definition) is 3. The van der Waals surface area contributed by atoms with Crippen LogP contribution >= 0.6 is 12.4 Å². The first kappa shape index (κ1) is 18.0. The maximum atomic E-state index is 12.2. The van der Waals surface area contributed by atoms with Gasteiger partial charge in [-0.3, -0.25) is 9.89 Å². The predicted octanol–water partition coefficient (Wildman–Crippen LogP) is 1.97. The summed E-state index contributed by atoms with van der Waals surface area (Å²) >= 11 is 0. The van der Waals surface area contributed by atoms with Gasteiger partial charge in [-0.25, -0.2) is 0 Å². The lowest BCUT2D eigenvalue weighted by atomic mass is 10.1. The molecule has 0 fully saturated rings. The molecule has 0 saturated carbocycles. The van der Waals surface area contributed by atoms with E-state index in [4.69, 9.17) is 10.5 Å². The average molecular weight is 325 g/mol. The second-order valence-electron chi connectivity index (χ2n) is 5.56. The van der Waals surface area contributed by atoms with E-state index in [0.717, 1.165) is 11.3 Å². The number of benzene rings is 1. The van der Waals surface area contributed by atoms with Gasteiger partial charge < -0.3 is 15.8 Å². The van der Waals surface area contributed by atoms with Gasteiger partial charge >= 0.3 is 0 Å². The molecule has 0 aliphatic heterocycles. The molecular formula is C15H21ClN4O2. The van der Waals surface area contributed by atoms with Gasteiger partial charge in [-0.2, -0.15) is 5.10 Å². The summed E-state index contributed by atoms with van der Waals surface area (Å²) in [6.45, 7) is 4.10. The fourth-order valence-corrected chi connectivity index (χ4v) is 1.84. The van der Waals surface area contributed by atoms with Gasteiger partial charge in [0.1, 0.15) is 5.75 Å². The minimum absolute atomic E-state index is 0. The van der Waals surface area contributed by atoms with Crippen molar-refractivity contribution in [1.82, 2.24) is 15.5 Å². The second kappa shape index (κ2) is 7.29. The van der Waals surface area contributed by atoms with E-state index in [1.807, 2.05) is 38.1 Å². The Hall–Kier alpha value is -2.05. The summed E-state index contributed by atoms with van der Waals surface area (Å²) in [4.78, 5) is 12.2. The number of carbonyl (C=O) groups is 1. The first-order valence-corrected chi connectivity index (χ1v) is 6.65. The third-order valence-corrected chi connectivity index (χ3v) is 2.97. The van der Waals surface area contributed by atoms with Crippen LogP contribution in [0.4, 0.5) is 0 Å². The number of aromatic nitrogens is 2. The zero-order valence-electron chi connectivity index (χ0n) is 12.8. The molecule has 6 nitrogen and oxygen atoms in total. The number of nitrogens with zero attached hydrogens (tertiary/aromatic N) is 1. The summed E-state index contributed by atoms with van der Waals surface area (Å²) in [5.41, 5.74) is 7.44. The van der Waals surface area contributed by atoms with Crippen molar-refractivity contribution in [2.75, 3.05) is 13.7 Å². The molecule has 0 aliphatic rings. The zero-order chi connectivity index (χ0) is 15.5. The van der Waals surface area contributed by atoms with Crippen molar-refractivity contribution < 1.29 is 9.53 Å². The highest BCUT2D eigenvalue weighted by atomic mass is 35.5. The molecule has 1 amide bonds. The fraction of sp³-hybridized carbons (Fsp3) is 0.333. The van der Waals surface area contributed by atoms with Crippen molar-refractivity contribution in [3.05, 3.63) is 36.0 Å². The molecule has 0 saturated heterocycles. The average Bonchev–Trinajstić information content (AvgIpc) is 2.93. The van der Waals surface area contributed by atoms with Gasteiger partial charge in [-0.05, 0) is 38.1 Å². The van der Waals surface area contributed by atoms with E-state index < -0.39 is 5.54 Å². The van der Waals surface area contributed by atoms with E-state index in [-0.39, 0.29) is 18.3 Å². The van der Waals surface area contributed by atoms with Crippen LogP contribution in [0, 0.1) is 0 Å². The van der Waals surface area contributed by atoms with Gasteiger partial charge in [0.25, 0.3) is 5.91 Å². The highest BCUT2D eigenvalue weighted by Gasteiger charge is 2.18. The molecule has 4 N–H and O–H groups in total. The molecular weight excluding hydrogens is 304 g/mol. The Morgan fingerprint density at radius 1 is 1.36 bits per heavy atom. The van der Waals surface area contributed by atoms with Crippen LogP contribution < -0.4 is 15.8 Å². The number of H-pyrrole nitrogens is 1. The maximum Gasteiger partial charge on any atom is 0.255 e. The quantitative estimate of drug-likeness (QED) is 0.784.